The van der Waals surface area contributed by atoms with Crippen molar-refractivity contribution in [2.45, 2.75) is 31.8 Å². The first kappa shape index (κ1) is 33.4. The number of ether oxygens (including phenoxy) is 2. The van der Waals surface area contributed by atoms with Gasteiger partial charge in [0.2, 0.25) is 5.91 Å². The predicted molar refractivity (Wildman–Crippen MR) is 147 cm³/mol. The Bertz CT molecular complexity index is 1340. The van der Waals surface area contributed by atoms with Gasteiger partial charge in [-0.25, -0.2) is 0 Å². The second-order valence-electron chi connectivity index (χ2n) is 8.23. The molecule has 1 aliphatic carbocycles. The van der Waals surface area contributed by atoms with Crippen molar-refractivity contribution in [2.24, 2.45) is 16.5 Å². The van der Waals surface area contributed by atoms with E-state index in [1.165, 1.54) is 36.6 Å². The fourth-order valence-electron chi connectivity index (χ4n) is 3.25. The molecule has 0 saturated carbocycles. The zero-order valence-corrected chi connectivity index (χ0v) is 23.0. The standard InChI is InChI=1S/C28H26BrF6N3O3/c1-2-7-18(8-5-6-15-40-28(33,34)35)22(17-38-24-14-12-20(16-23(24)29)27(30,31)32)26(37)41-21-10-4-3-9-19(11-13-21)25(36)39/h2-7,11-14,16-17H,1,8-10,15,37H2,(H2,36,39)/b4-3-,6-5-,18-7+,19-11+,21-13+,26-22?,38-17?. The molecule has 1 aromatic carbocycles. The van der Waals surface area contributed by atoms with Crippen LogP contribution in [0.2, 0.25) is 0 Å². The van der Waals surface area contributed by atoms with E-state index in [1.54, 1.807) is 12.2 Å². The SMILES string of the molecule is C=C/C=C(\C/C=C\COC(F)(F)F)C(C=Nc1ccc(C(F)(F)F)cc1Br)=C(N)O/C1=C/C=C(/C(N)=O)C/C=C\C1. The van der Waals surface area contributed by atoms with Crippen molar-refractivity contribution < 1.29 is 40.6 Å². The van der Waals surface area contributed by atoms with Crippen LogP contribution in [0.3, 0.4) is 0 Å². The maximum absolute atomic E-state index is 13.1. The number of nitrogens with two attached hydrogens (primary N) is 2. The highest BCUT2D eigenvalue weighted by atomic mass is 79.9. The number of aliphatic imine (C=N–C) groups is 1. The molecule has 0 bridgehead atoms. The van der Waals surface area contributed by atoms with Gasteiger partial charge in [0.25, 0.3) is 0 Å². The Balaban J connectivity index is 2.50. The Hall–Kier alpha value is -3.84. The van der Waals surface area contributed by atoms with Gasteiger partial charge in [-0.3, -0.25) is 14.5 Å². The van der Waals surface area contributed by atoms with E-state index in [9.17, 15) is 31.1 Å². The van der Waals surface area contributed by atoms with Crippen molar-refractivity contribution in [2.75, 3.05) is 6.61 Å². The molecule has 13 heteroatoms. The minimum absolute atomic E-state index is 0.0392. The Kier molecular flexibility index (Phi) is 12.4. The number of benzene rings is 1. The number of hydrogen-bond acceptors (Lipinski definition) is 5. The quantitative estimate of drug-likeness (QED) is 0.0851. The average molecular weight is 646 g/mol. The smallest absolute Gasteiger partial charge is 0.445 e. The number of hydrogen-bond donors (Lipinski definition) is 2. The van der Waals surface area contributed by atoms with Crippen molar-refractivity contribution >= 4 is 33.7 Å². The van der Waals surface area contributed by atoms with E-state index >= 15 is 0 Å². The van der Waals surface area contributed by atoms with E-state index < -0.39 is 30.6 Å². The van der Waals surface area contributed by atoms with Crippen LogP contribution in [-0.4, -0.2) is 25.1 Å². The molecule has 0 saturated heterocycles. The Morgan fingerprint density at radius 3 is 2.39 bits per heavy atom. The molecule has 220 valence electrons. The van der Waals surface area contributed by atoms with Crippen molar-refractivity contribution in [1.29, 1.82) is 0 Å². The van der Waals surface area contributed by atoms with Gasteiger partial charge in [-0.1, -0.05) is 43.0 Å². The summed E-state index contributed by atoms with van der Waals surface area (Å²) < 4.78 is 85.6. The summed E-state index contributed by atoms with van der Waals surface area (Å²) in [6.07, 6.45) is 4.53. The zero-order chi connectivity index (χ0) is 30.6. The summed E-state index contributed by atoms with van der Waals surface area (Å²) in [6, 6.07) is 2.88. The van der Waals surface area contributed by atoms with Crippen molar-refractivity contribution in [1.82, 2.24) is 0 Å². The number of alkyl halides is 6. The fourth-order valence-corrected chi connectivity index (χ4v) is 3.73. The Labute approximate surface area is 240 Å². The molecule has 0 unspecified atom stereocenters. The molecular weight excluding hydrogens is 620 g/mol. The monoisotopic (exact) mass is 645 g/mol. The van der Waals surface area contributed by atoms with E-state index in [4.69, 9.17) is 16.2 Å². The maximum Gasteiger partial charge on any atom is 0.522 e. The first-order valence-corrected chi connectivity index (χ1v) is 12.6. The fraction of sp³-hybridized carbons (Fsp3) is 0.214. The van der Waals surface area contributed by atoms with Crippen LogP contribution in [-0.2, 0) is 20.4 Å². The third kappa shape index (κ3) is 11.7. The lowest BCUT2D eigenvalue weighted by molar-refractivity contribution is -0.319. The summed E-state index contributed by atoms with van der Waals surface area (Å²) >= 11 is 3.08. The van der Waals surface area contributed by atoms with Crippen LogP contribution in [0.5, 0.6) is 0 Å². The summed E-state index contributed by atoms with van der Waals surface area (Å²) in [7, 11) is 0. The van der Waals surface area contributed by atoms with Gasteiger partial charge >= 0.3 is 12.5 Å². The minimum Gasteiger partial charge on any atom is -0.445 e. The number of primary amides is 1. The summed E-state index contributed by atoms with van der Waals surface area (Å²) in [5, 5.41) is 0. The lowest BCUT2D eigenvalue weighted by atomic mass is 10.0. The second-order valence-corrected chi connectivity index (χ2v) is 9.09. The van der Waals surface area contributed by atoms with Crippen molar-refractivity contribution in [3.05, 3.63) is 112 Å². The van der Waals surface area contributed by atoms with Crippen LogP contribution >= 0.6 is 15.9 Å². The summed E-state index contributed by atoms with van der Waals surface area (Å²) in [4.78, 5) is 15.8. The number of allylic oxidation sites excluding steroid dienone is 9. The van der Waals surface area contributed by atoms with Gasteiger partial charge in [-0.05, 0) is 64.7 Å². The summed E-state index contributed by atoms with van der Waals surface area (Å²) in [5.74, 6) is -0.465. The number of carbonyl (C=O) groups excluding carboxylic acids is 1. The molecule has 4 N–H and O–H groups in total. The molecule has 41 heavy (non-hydrogen) atoms. The molecule has 0 fully saturated rings. The van der Waals surface area contributed by atoms with Crippen LogP contribution in [0, 0.1) is 0 Å². The van der Waals surface area contributed by atoms with Gasteiger partial charge in [0.15, 0.2) is 5.88 Å². The molecular formula is C28H26BrF6N3O3. The normalized spacial score (nSPS) is 19.0. The van der Waals surface area contributed by atoms with Gasteiger partial charge in [0.05, 0.1) is 23.4 Å². The van der Waals surface area contributed by atoms with Crippen LogP contribution in [0.25, 0.3) is 0 Å². The Morgan fingerprint density at radius 1 is 1.07 bits per heavy atom. The number of rotatable bonds is 11. The average Bonchev–Trinajstić information content (AvgIpc) is 2.84. The van der Waals surface area contributed by atoms with Crippen LogP contribution in [0.4, 0.5) is 32.0 Å². The van der Waals surface area contributed by atoms with Crippen LogP contribution in [0.1, 0.15) is 24.8 Å². The highest BCUT2D eigenvalue weighted by Crippen LogP contribution is 2.35. The molecule has 0 radical (unpaired) electrons. The third-order valence-electron chi connectivity index (χ3n) is 5.24. The lowest BCUT2D eigenvalue weighted by Gasteiger charge is -2.15. The molecule has 1 aliphatic rings. The highest BCUT2D eigenvalue weighted by Gasteiger charge is 2.31. The van der Waals surface area contributed by atoms with Gasteiger partial charge in [0, 0.05) is 22.7 Å². The predicted octanol–water partition coefficient (Wildman–Crippen LogP) is 7.60. The number of amides is 1. The zero-order valence-electron chi connectivity index (χ0n) is 21.4. The van der Waals surface area contributed by atoms with E-state index in [0.717, 1.165) is 24.3 Å². The number of halogens is 7. The van der Waals surface area contributed by atoms with E-state index in [-0.39, 0.29) is 28.0 Å². The lowest BCUT2D eigenvalue weighted by Crippen LogP contribution is -2.14. The molecule has 0 aromatic heterocycles. The minimum atomic E-state index is -4.79. The molecule has 1 aromatic rings. The van der Waals surface area contributed by atoms with Gasteiger partial charge in [0.1, 0.15) is 5.76 Å². The van der Waals surface area contributed by atoms with Gasteiger partial charge in [-0.15, -0.1) is 13.2 Å². The first-order chi connectivity index (χ1) is 19.2. The van der Waals surface area contributed by atoms with Gasteiger partial charge in [-0.2, -0.15) is 13.2 Å². The third-order valence-corrected chi connectivity index (χ3v) is 5.87. The molecule has 2 rings (SSSR count). The molecule has 0 spiro atoms. The molecule has 0 atom stereocenters. The van der Waals surface area contributed by atoms with E-state index in [0.29, 0.717) is 29.7 Å². The topological polar surface area (TPSA) is 99.9 Å². The molecule has 0 aliphatic heterocycles. The molecule has 6 nitrogen and oxygen atoms in total. The number of nitrogens with zero attached hydrogens (tertiary/aromatic N) is 1. The highest BCUT2D eigenvalue weighted by molar-refractivity contribution is 9.10. The summed E-state index contributed by atoms with van der Waals surface area (Å²) in [5.41, 5.74) is 11.8. The largest absolute Gasteiger partial charge is 0.522 e. The first-order valence-electron chi connectivity index (χ1n) is 11.8. The van der Waals surface area contributed by atoms with Crippen molar-refractivity contribution in [3.63, 3.8) is 0 Å². The van der Waals surface area contributed by atoms with E-state index in [2.05, 4.69) is 32.2 Å². The van der Waals surface area contributed by atoms with Gasteiger partial charge < -0.3 is 16.2 Å². The molecule has 0 heterocycles. The second kappa shape index (κ2) is 15.2. The van der Waals surface area contributed by atoms with Crippen LogP contribution < -0.4 is 11.5 Å². The number of carbonyl (C=O) groups is 1. The summed E-state index contributed by atoms with van der Waals surface area (Å²) in [6.45, 7) is 2.91. The molecule has 1 amide bonds. The maximum atomic E-state index is 13.1. The Morgan fingerprint density at radius 2 is 1.78 bits per heavy atom. The van der Waals surface area contributed by atoms with E-state index in [1.807, 2.05) is 0 Å². The van der Waals surface area contributed by atoms with Crippen LogP contribution in [0.15, 0.2) is 111 Å². The van der Waals surface area contributed by atoms with Crippen molar-refractivity contribution in [3.8, 4) is 0 Å².